The van der Waals surface area contributed by atoms with Crippen molar-refractivity contribution in [3.05, 3.63) is 48.0 Å². The van der Waals surface area contributed by atoms with Crippen LogP contribution >= 0.6 is 0 Å². The van der Waals surface area contributed by atoms with Crippen molar-refractivity contribution in [2.75, 3.05) is 13.2 Å². The smallest absolute Gasteiger partial charge is 0.124 e. The minimum Gasteiger partial charge on any atom is -0.493 e. The van der Waals surface area contributed by atoms with Crippen LogP contribution in [-0.4, -0.2) is 22.7 Å². The number of aromatic nitrogens is 2. The van der Waals surface area contributed by atoms with Crippen molar-refractivity contribution in [3.8, 4) is 5.75 Å². The lowest BCUT2D eigenvalue weighted by Crippen LogP contribution is -2.28. The third-order valence-corrected chi connectivity index (χ3v) is 4.06. The maximum absolute atomic E-state index is 5.77. The maximum atomic E-state index is 5.77. The van der Waals surface area contributed by atoms with Gasteiger partial charge < -0.3 is 14.6 Å². The van der Waals surface area contributed by atoms with E-state index in [2.05, 4.69) is 40.0 Å². The Morgan fingerprint density at radius 1 is 1.43 bits per heavy atom. The normalized spacial score (nSPS) is 17.3. The molecule has 4 heteroatoms. The van der Waals surface area contributed by atoms with Crippen LogP contribution < -0.4 is 10.1 Å². The fourth-order valence-electron chi connectivity index (χ4n) is 2.83. The van der Waals surface area contributed by atoms with E-state index in [0.717, 1.165) is 44.7 Å². The quantitative estimate of drug-likeness (QED) is 0.829. The highest BCUT2D eigenvalue weighted by molar-refractivity contribution is 5.40. The van der Waals surface area contributed by atoms with Crippen molar-refractivity contribution in [2.24, 2.45) is 0 Å². The van der Waals surface area contributed by atoms with E-state index in [4.69, 9.17) is 4.74 Å². The molecule has 2 heterocycles. The van der Waals surface area contributed by atoms with E-state index >= 15 is 0 Å². The number of hydrogen-bond donors (Lipinski definition) is 1. The zero-order valence-electron chi connectivity index (χ0n) is 12.6. The summed E-state index contributed by atoms with van der Waals surface area (Å²) < 4.78 is 7.89. The Hall–Kier alpha value is -1.81. The fourth-order valence-corrected chi connectivity index (χ4v) is 2.83. The van der Waals surface area contributed by atoms with Gasteiger partial charge in [-0.2, -0.15) is 0 Å². The molecule has 1 aromatic carbocycles. The standard InChI is InChI=1S/C17H23N3O/c1-2-14-4-5-17-15(12-14)16(6-11-21-17)19-7-3-9-20-10-8-18-13-20/h4-5,8,10,12-13,16,19H,2-3,6-7,9,11H2,1H3. The highest BCUT2D eigenvalue weighted by Crippen LogP contribution is 2.32. The van der Waals surface area contributed by atoms with Gasteiger partial charge in [0.15, 0.2) is 0 Å². The Labute approximate surface area is 126 Å². The van der Waals surface area contributed by atoms with Crippen molar-refractivity contribution < 1.29 is 4.74 Å². The largest absolute Gasteiger partial charge is 0.493 e. The molecule has 1 atom stereocenters. The van der Waals surface area contributed by atoms with Gasteiger partial charge in [-0.1, -0.05) is 19.1 Å². The van der Waals surface area contributed by atoms with Gasteiger partial charge in [0.25, 0.3) is 0 Å². The molecule has 0 aliphatic carbocycles. The van der Waals surface area contributed by atoms with Crippen molar-refractivity contribution in [1.82, 2.24) is 14.9 Å². The second-order valence-electron chi connectivity index (χ2n) is 5.52. The number of ether oxygens (including phenoxy) is 1. The van der Waals surface area contributed by atoms with E-state index in [-0.39, 0.29) is 0 Å². The Bertz CT molecular complexity index is 565. The van der Waals surface area contributed by atoms with Crippen LogP contribution in [0.2, 0.25) is 0 Å². The number of nitrogens with one attached hydrogen (secondary N) is 1. The number of imidazole rings is 1. The molecule has 21 heavy (non-hydrogen) atoms. The second-order valence-corrected chi connectivity index (χ2v) is 5.52. The van der Waals surface area contributed by atoms with Gasteiger partial charge in [-0.25, -0.2) is 4.98 Å². The van der Waals surface area contributed by atoms with Gasteiger partial charge in [-0.15, -0.1) is 0 Å². The molecule has 0 spiro atoms. The van der Waals surface area contributed by atoms with Gasteiger partial charge in [0.2, 0.25) is 0 Å². The number of nitrogens with zero attached hydrogens (tertiary/aromatic N) is 2. The monoisotopic (exact) mass is 285 g/mol. The van der Waals surface area contributed by atoms with E-state index < -0.39 is 0 Å². The van der Waals surface area contributed by atoms with Crippen LogP contribution in [0.3, 0.4) is 0 Å². The summed E-state index contributed by atoms with van der Waals surface area (Å²) >= 11 is 0. The molecule has 1 unspecified atom stereocenters. The van der Waals surface area contributed by atoms with Gasteiger partial charge >= 0.3 is 0 Å². The molecule has 0 radical (unpaired) electrons. The molecule has 0 saturated heterocycles. The molecule has 0 bridgehead atoms. The van der Waals surface area contributed by atoms with Crippen LogP contribution in [-0.2, 0) is 13.0 Å². The average molecular weight is 285 g/mol. The fraction of sp³-hybridized carbons (Fsp3) is 0.471. The molecule has 0 amide bonds. The Kier molecular flexibility index (Phi) is 4.55. The molecule has 112 valence electrons. The first-order valence-corrected chi connectivity index (χ1v) is 7.81. The summed E-state index contributed by atoms with van der Waals surface area (Å²) in [5.74, 6) is 1.05. The SMILES string of the molecule is CCc1ccc2c(c1)C(NCCCn1ccnc1)CCO2. The van der Waals surface area contributed by atoms with E-state index in [1.54, 1.807) is 0 Å². The van der Waals surface area contributed by atoms with Gasteiger partial charge in [-0.05, 0) is 31.0 Å². The first-order chi connectivity index (χ1) is 10.4. The van der Waals surface area contributed by atoms with E-state index in [1.807, 2.05) is 18.7 Å². The first-order valence-electron chi connectivity index (χ1n) is 7.81. The Morgan fingerprint density at radius 2 is 2.38 bits per heavy atom. The molecular weight excluding hydrogens is 262 g/mol. The highest BCUT2D eigenvalue weighted by Gasteiger charge is 2.20. The van der Waals surface area contributed by atoms with Crippen LogP contribution in [0.4, 0.5) is 0 Å². The molecule has 4 nitrogen and oxygen atoms in total. The summed E-state index contributed by atoms with van der Waals surface area (Å²) in [6, 6.07) is 7.00. The number of benzene rings is 1. The summed E-state index contributed by atoms with van der Waals surface area (Å²) in [5.41, 5.74) is 2.70. The summed E-state index contributed by atoms with van der Waals surface area (Å²) in [5, 5.41) is 3.68. The summed E-state index contributed by atoms with van der Waals surface area (Å²) in [6.45, 7) is 5.02. The predicted octanol–water partition coefficient (Wildman–Crippen LogP) is 2.95. The van der Waals surface area contributed by atoms with Crippen LogP contribution in [0.1, 0.15) is 36.9 Å². The molecule has 1 aliphatic rings. The number of aryl methyl sites for hydroxylation is 2. The zero-order valence-corrected chi connectivity index (χ0v) is 12.6. The molecule has 2 aromatic rings. The van der Waals surface area contributed by atoms with Crippen LogP contribution in [0, 0.1) is 0 Å². The van der Waals surface area contributed by atoms with E-state index in [0.29, 0.717) is 6.04 Å². The molecular formula is C17H23N3O. The molecule has 0 saturated carbocycles. The number of hydrogen-bond acceptors (Lipinski definition) is 3. The zero-order chi connectivity index (χ0) is 14.5. The maximum Gasteiger partial charge on any atom is 0.124 e. The molecule has 1 aliphatic heterocycles. The minimum absolute atomic E-state index is 0.419. The predicted molar refractivity (Wildman–Crippen MR) is 83.5 cm³/mol. The lowest BCUT2D eigenvalue weighted by molar-refractivity contribution is 0.252. The molecule has 1 N–H and O–H groups in total. The Morgan fingerprint density at radius 3 is 3.19 bits per heavy atom. The number of fused-ring (bicyclic) bond motifs is 1. The van der Waals surface area contributed by atoms with Gasteiger partial charge in [0, 0.05) is 37.0 Å². The lowest BCUT2D eigenvalue weighted by Gasteiger charge is -2.27. The van der Waals surface area contributed by atoms with E-state index in [1.165, 1.54) is 11.1 Å². The summed E-state index contributed by atoms with van der Waals surface area (Å²) in [6.07, 6.45) is 8.94. The number of rotatable bonds is 6. The van der Waals surface area contributed by atoms with Crippen LogP contribution in [0.25, 0.3) is 0 Å². The Balaban J connectivity index is 1.57. The molecule has 1 aromatic heterocycles. The molecule has 0 fully saturated rings. The van der Waals surface area contributed by atoms with Crippen molar-refractivity contribution >= 4 is 0 Å². The third kappa shape index (κ3) is 3.45. The van der Waals surface area contributed by atoms with Crippen LogP contribution in [0.15, 0.2) is 36.9 Å². The van der Waals surface area contributed by atoms with Gasteiger partial charge in [-0.3, -0.25) is 0 Å². The highest BCUT2D eigenvalue weighted by atomic mass is 16.5. The minimum atomic E-state index is 0.419. The van der Waals surface area contributed by atoms with Gasteiger partial charge in [0.05, 0.1) is 12.9 Å². The van der Waals surface area contributed by atoms with Crippen molar-refractivity contribution in [3.63, 3.8) is 0 Å². The van der Waals surface area contributed by atoms with Crippen molar-refractivity contribution in [1.29, 1.82) is 0 Å². The van der Waals surface area contributed by atoms with Crippen LogP contribution in [0.5, 0.6) is 5.75 Å². The second kappa shape index (κ2) is 6.76. The average Bonchev–Trinajstić information content (AvgIpc) is 3.04. The van der Waals surface area contributed by atoms with E-state index in [9.17, 15) is 0 Å². The summed E-state index contributed by atoms with van der Waals surface area (Å²) in [4.78, 5) is 4.07. The van der Waals surface area contributed by atoms with Crippen molar-refractivity contribution in [2.45, 2.75) is 38.8 Å². The topological polar surface area (TPSA) is 39.1 Å². The van der Waals surface area contributed by atoms with Gasteiger partial charge in [0.1, 0.15) is 5.75 Å². The summed E-state index contributed by atoms with van der Waals surface area (Å²) in [7, 11) is 0. The third-order valence-electron chi connectivity index (χ3n) is 4.06. The lowest BCUT2D eigenvalue weighted by atomic mass is 9.97. The first kappa shape index (κ1) is 14.1. The molecule has 3 rings (SSSR count).